The Morgan fingerprint density at radius 1 is 1.42 bits per heavy atom. The Labute approximate surface area is 113 Å². The SMILES string of the molecule is NCCC1CN(C(=O)[C@H]2CCCO2)c2ccccc21. The van der Waals surface area contributed by atoms with Crippen molar-refractivity contribution in [2.75, 3.05) is 24.6 Å². The third-order valence-corrected chi connectivity index (χ3v) is 4.06. The van der Waals surface area contributed by atoms with Gasteiger partial charge in [0.2, 0.25) is 0 Å². The van der Waals surface area contributed by atoms with E-state index in [2.05, 4.69) is 6.07 Å². The van der Waals surface area contributed by atoms with Gasteiger partial charge in [0.15, 0.2) is 0 Å². The second-order valence-corrected chi connectivity index (χ2v) is 5.28. The predicted molar refractivity (Wildman–Crippen MR) is 74.2 cm³/mol. The number of fused-ring (bicyclic) bond motifs is 1. The molecule has 1 aromatic rings. The summed E-state index contributed by atoms with van der Waals surface area (Å²) in [6, 6.07) is 8.15. The maximum Gasteiger partial charge on any atom is 0.256 e. The van der Waals surface area contributed by atoms with Crippen molar-refractivity contribution in [2.45, 2.75) is 31.3 Å². The molecule has 1 aromatic carbocycles. The van der Waals surface area contributed by atoms with E-state index in [1.54, 1.807) is 0 Å². The summed E-state index contributed by atoms with van der Waals surface area (Å²) in [4.78, 5) is 14.4. The van der Waals surface area contributed by atoms with Gasteiger partial charge in [-0.2, -0.15) is 0 Å². The number of para-hydroxylation sites is 1. The number of nitrogens with two attached hydrogens (primary N) is 1. The minimum absolute atomic E-state index is 0.115. The molecule has 0 aliphatic carbocycles. The Morgan fingerprint density at radius 2 is 2.26 bits per heavy atom. The fourth-order valence-corrected chi connectivity index (χ4v) is 3.10. The molecule has 2 N–H and O–H groups in total. The summed E-state index contributed by atoms with van der Waals surface area (Å²) in [5.74, 6) is 0.482. The first-order valence-corrected chi connectivity index (χ1v) is 7.03. The molecule has 1 amide bonds. The van der Waals surface area contributed by atoms with Gasteiger partial charge in [0.25, 0.3) is 5.91 Å². The van der Waals surface area contributed by atoms with E-state index in [0.717, 1.165) is 31.5 Å². The van der Waals surface area contributed by atoms with E-state index in [1.165, 1.54) is 5.56 Å². The van der Waals surface area contributed by atoms with Crippen molar-refractivity contribution in [2.24, 2.45) is 5.73 Å². The highest BCUT2D eigenvalue weighted by molar-refractivity contribution is 5.98. The zero-order valence-electron chi connectivity index (χ0n) is 11.0. The molecule has 19 heavy (non-hydrogen) atoms. The van der Waals surface area contributed by atoms with Crippen molar-refractivity contribution in [3.63, 3.8) is 0 Å². The zero-order chi connectivity index (χ0) is 13.2. The number of carbonyl (C=O) groups excluding carboxylic acids is 1. The lowest BCUT2D eigenvalue weighted by atomic mass is 9.98. The lowest BCUT2D eigenvalue weighted by molar-refractivity contribution is -0.127. The van der Waals surface area contributed by atoms with Gasteiger partial charge in [-0.1, -0.05) is 18.2 Å². The van der Waals surface area contributed by atoms with Gasteiger partial charge >= 0.3 is 0 Å². The van der Waals surface area contributed by atoms with E-state index in [0.29, 0.717) is 19.1 Å². The summed E-state index contributed by atoms with van der Waals surface area (Å²) in [7, 11) is 0. The summed E-state index contributed by atoms with van der Waals surface area (Å²) in [6.45, 7) is 2.11. The van der Waals surface area contributed by atoms with Gasteiger partial charge in [0.05, 0.1) is 0 Å². The Balaban J connectivity index is 1.85. The number of nitrogens with zero attached hydrogens (tertiary/aromatic N) is 1. The molecule has 2 atom stereocenters. The zero-order valence-corrected chi connectivity index (χ0v) is 11.0. The lowest BCUT2D eigenvalue weighted by Gasteiger charge is -2.21. The number of hydrogen-bond acceptors (Lipinski definition) is 3. The molecule has 2 heterocycles. The lowest BCUT2D eigenvalue weighted by Crippen LogP contribution is -2.38. The van der Waals surface area contributed by atoms with Crippen LogP contribution in [0.2, 0.25) is 0 Å². The van der Waals surface area contributed by atoms with Crippen LogP contribution in [0, 0.1) is 0 Å². The van der Waals surface area contributed by atoms with Gasteiger partial charge < -0.3 is 15.4 Å². The predicted octanol–water partition coefficient (Wildman–Crippen LogP) is 1.64. The number of anilines is 1. The third kappa shape index (κ3) is 2.26. The van der Waals surface area contributed by atoms with Gasteiger partial charge in [-0.15, -0.1) is 0 Å². The number of rotatable bonds is 3. The molecule has 102 valence electrons. The van der Waals surface area contributed by atoms with Gasteiger partial charge in [-0.3, -0.25) is 4.79 Å². The summed E-state index contributed by atoms with van der Waals surface area (Å²) < 4.78 is 5.52. The van der Waals surface area contributed by atoms with Crippen LogP contribution in [0.1, 0.15) is 30.7 Å². The second kappa shape index (κ2) is 5.31. The summed E-state index contributed by atoms with van der Waals surface area (Å²) >= 11 is 0. The van der Waals surface area contributed by atoms with Crippen LogP contribution in [-0.4, -0.2) is 31.7 Å². The average molecular weight is 260 g/mol. The summed E-state index contributed by atoms with van der Waals surface area (Å²) in [5.41, 5.74) is 7.97. The highest BCUT2D eigenvalue weighted by Gasteiger charge is 2.36. The molecule has 2 aliphatic heterocycles. The third-order valence-electron chi connectivity index (χ3n) is 4.06. The van der Waals surface area contributed by atoms with E-state index in [1.807, 2.05) is 23.1 Å². The van der Waals surface area contributed by atoms with Gasteiger partial charge in [-0.25, -0.2) is 0 Å². The first-order valence-electron chi connectivity index (χ1n) is 7.03. The van der Waals surface area contributed by atoms with E-state index < -0.39 is 0 Å². The minimum Gasteiger partial charge on any atom is -0.368 e. The first-order chi connectivity index (χ1) is 9.31. The van der Waals surface area contributed by atoms with Gasteiger partial charge in [0.1, 0.15) is 6.10 Å². The quantitative estimate of drug-likeness (QED) is 0.899. The Hall–Kier alpha value is -1.39. The summed E-state index contributed by atoms with van der Waals surface area (Å²) in [5, 5.41) is 0. The Morgan fingerprint density at radius 3 is 3.00 bits per heavy atom. The molecule has 0 saturated carbocycles. The highest BCUT2D eigenvalue weighted by atomic mass is 16.5. The fraction of sp³-hybridized carbons (Fsp3) is 0.533. The van der Waals surface area contributed by atoms with Crippen LogP contribution in [0.15, 0.2) is 24.3 Å². The van der Waals surface area contributed by atoms with Crippen molar-refractivity contribution in [1.29, 1.82) is 0 Å². The molecule has 1 unspecified atom stereocenters. The van der Waals surface area contributed by atoms with Crippen molar-refractivity contribution >= 4 is 11.6 Å². The standard InChI is InChI=1S/C15H20N2O2/c16-8-7-11-10-17(13-5-2-1-4-12(11)13)15(18)14-6-3-9-19-14/h1-2,4-5,11,14H,3,6-10,16H2/t11?,14-/m1/s1. The molecule has 0 aromatic heterocycles. The number of carbonyl (C=O) groups is 1. The van der Waals surface area contributed by atoms with Crippen LogP contribution in [0.25, 0.3) is 0 Å². The van der Waals surface area contributed by atoms with Crippen molar-refractivity contribution < 1.29 is 9.53 Å². The van der Waals surface area contributed by atoms with Crippen LogP contribution < -0.4 is 10.6 Å². The summed E-state index contributed by atoms with van der Waals surface area (Å²) in [6.07, 6.45) is 2.51. The van der Waals surface area contributed by atoms with E-state index >= 15 is 0 Å². The van der Waals surface area contributed by atoms with Crippen molar-refractivity contribution in [3.8, 4) is 0 Å². The van der Waals surface area contributed by atoms with E-state index in [4.69, 9.17) is 10.5 Å². The normalized spacial score (nSPS) is 25.6. The molecule has 0 radical (unpaired) electrons. The van der Waals surface area contributed by atoms with Crippen LogP contribution in [-0.2, 0) is 9.53 Å². The van der Waals surface area contributed by atoms with Crippen LogP contribution in [0.5, 0.6) is 0 Å². The maximum atomic E-state index is 12.5. The Kier molecular flexibility index (Phi) is 3.53. The molecule has 4 nitrogen and oxygen atoms in total. The number of ether oxygens (including phenoxy) is 1. The molecule has 0 spiro atoms. The van der Waals surface area contributed by atoms with E-state index in [-0.39, 0.29) is 12.0 Å². The maximum absolute atomic E-state index is 12.5. The molecule has 4 heteroatoms. The largest absolute Gasteiger partial charge is 0.368 e. The monoisotopic (exact) mass is 260 g/mol. The second-order valence-electron chi connectivity index (χ2n) is 5.28. The van der Waals surface area contributed by atoms with Crippen molar-refractivity contribution in [1.82, 2.24) is 0 Å². The van der Waals surface area contributed by atoms with E-state index in [9.17, 15) is 4.79 Å². The average Bonchev–Trinajstić information content (AvgIpc) is 3.07. The molecule has 1 fully saturated rings. The van der Waals surface area contributed by atoms with Gasteiger partial charge in [0, 0.05) is 24.8 Å². The van der Waals surface area contributed by atoms with Crippen LogP contribution in [0.4, 0.5) is 5.69 Å². The Bertz CT molecular complexity index is 469. The molecule has 1 saturated heterocycles. The smallest absolute Gasteiger partial charge is 0.256 e. The minimum atomic E-state index is -0.246. The van der Waals surface area contributed by atoms with Crippen LogP contribution in [0.3, 0.4) is 0 Å². The molecule has 3 rings (SSSR count). The molecule has 0 bridgehead atoms. The molecular formula is C15H20N2O2. The topological polar surface area (TPSA) is 55.6 Å². The highest BCUT2D eigenvalue weighted by Crippen LogP contribution is 2.38. The molecular weight excluding hydrogens is 240 g/mol. The van der Waals surface area contributed by atoms with Crippen LogP contribution >= 0.6 is 0 Å². The number of amides is 1. The number of hydrogen-bond donors (Lipinski definition) is 1. The van der Waals surface area contributed by atoms with Crippen molar-refractivity contribution in [3.05, 3.63) is 29.8 Å². The molecule has 2 aliphatic rings. The first kappa shape index (κ1) is 12.6. The van der Waals surface area contributed by atoms with Gasteiger partial charge in [-0.05, 0) is 37.4 Å². The number of benzene rings is 1. The fourth-order valence-electron chi connectivity index (χ4n) is 3.10.